The highest BCUT2D eigenvalue weighted by Gasteiger charge is 2.16. The molecule has 5 heteroatoms. The Morgan fingerprint density at radius 1 is 0.365 bits per heavy atom. The van der Waals surface area contributed by atoms with Crippen molar-refractivity contribution in [2.24, 2.45) is 0 Å². The maximum Gasteiger partial charge on any atom is 0.306 e. The molecule has 0 aliphatic carbocycles. The van der Waals surface area contributed by atoms with Crippen molar-refractivity contribution < 1.29 is 24.2 Å². The lowest BCUT2D eigenvalue weighted by Gasteiger charge is -2.15. The van der Waals surface area contributed by atoms with Crippen molar-refractivity contribution >= 4 is 11.9 Å². The largest absolute Gasteiger partial charge is 0.462 e. The van der Waals surface area contributed by atoms with Gasteiger partial charge in [0.25, 0.3) is 0 Å². The van der Waals surface area contributed by atoms with Crippen molar-refractivity contribution in [2.45, 2.75) is 283 Å². The van der Waals surface area contributed by atoms with Crippen molar-refractivity contribution in [3.63, 3.8) is 0 Å². The SMILES string of the molecule is CCCCCC/C=C\C/C=C\CCCCCCCC(=O)OCC(CO)OC(=O)CCCCCCCCCCCCCCCCCCCC/C=C\C/C=C\C/C=C\CCCCCCC. The lowest BCUT2D eigenvalue weighted by molar-refractivity contribution is -0.161. The van der Waals surface area contributed by atoms with Crippen LogP contribution in [0.3, 0.4) is 0 Å². The molecule has 0 aromatic carbocycles. The topological polar surface area (TPSA) is 72.8 Å². The van der Waals surface area contributed by atoms with Gasteiger partial charge < -0.3 is 14.6 Å². The van der Waals surface area contributed by atoms with Gasteiger partial charge in [-0.25, -0.2) is 0 Å². The van der Waals surface area contributed by atoms with Gasteiger partial charge in [0.2, 0.25) is 0 Å². The number of carbonyl (C=O) groups excluding carboxylic acids is 2. The van der Waals surface area contributed by atoms with Gasteiger partial charge in [-0.3, -0.25) is 9.59 Å². The van der Waals surface area contributed by atoms with Gasteiger partial charge in [0.05, 0.1) is 6.61 Å². The second-order valence-electron chi connectivity index (χ2n) is 18.3. The van der Waals surface area contributed by atoms with Crippen LogP contribution in [-0.4, -0.2) is 36.4 Å². The maximum absolute atomic E-state index is 12.3. The number of allylic oxidation sites excluding steroid dienone is 10. The van der Waals surface area contributed by atoms with Crippen LogP contribution in [-0.2, 0) is 19.1 Å². The Kier molecular flexibility index (Phi) is 51.9. The smallest absolute Gasteiger partial charge is 0.306 e. The Morgan fingerprint density at radius 3 is 0.968 bits per heavy atom. The first kappa shape index (κ1) is 60.6. The zero-order valence-corrected chi connectivity index (χ0v) is 41.8. The number of ether oxygens (including phenoxy) is 2. The molecule has 0 aromatic rings. The molecule has 0 fully saturated rings. The number of esters is 2. The van der Waals surface area contributed by atoms with Gasteiger partial charge in [-0.2, -0.15) is 0 Å². The number of hydrogen-bond donors (Lipinski definition) is 1. The molecule has 0 bridgehead atoms. The van der Waals surface area contributed by atoms with E-state index in [1.807, 2.05) is 0 Å². The molecule has 0 aliphatic heterocycles. The average Bonchev–Trinajstić information content (AvgIpc) is 3.29. The zero-order valence-electron chi connectivity index (χ0n) is 41.8. The van der Waals surface area contributed by atoms with Gasteiger partial charge in [-0.15, -0.1) is 0 Å². The first-order valence-corrected chi connectivity index (χ1v) is 27.3. The fourth-order valence-corrected chi connectivity index (χ4v) is 7.89. The van der Waals surface area contributed by atoms with E-state index in [1.165, 1.54) is 186 Å². The van der Waals surface area contributed by atoms with Crippen molar-refractivity contribution in [2.75, 3.05) is 13.2 Å². The lowest BCUT2D eigenvalue weighted by Crippen LogP contribution is -2.28. The second-order valence-corrected chi connectivity index (χ2v) is 18.3. The summed E-state index contributed by atoms with van der Waals surface area (Å²) in [5.41, 5.74) is 0. The summed E-state index contributed by atoms with van der Waals surface area (Å²) in [6.45, 7) is 4.12. The number of aliphatic hydroxyl groups excluding tert-OH is 1. The summed E-state index contributed by atoms with van der Waals surface area (Å²) in [7, 11) is 0. The number of rotatable bonds is 50. The van der Waals surface area contributed by atoms with Crippen LogP contribution < -0.4 is 0 Å². The number of carbonyl (C=O) groups is 2. The number of unbranched alkanes of at least 4 members (excludes halogenated alkanes) is 32. The van der Waals surface area contributed by atoms with Crippen molar-refractivity contribution in [1.82, 2.24) is 0 Å². The predicted molar refractivity (Wildman–Crippen MR) is 274 cm³/mol. The third kappa shape index (κ3) is 52.1. The van der Waals surface area contributed by atoms with E-state index in [4.69, 9.17) is 9.47 Å². The van der Waals surface area contributed by atoms with Gasteiger partial charge in [0.15, 0.2) is 6.10 Å². The highest BCUT2D eigenvalue weighted by atomic mass is 16.6. The normalized spacial score (nSPS) is 12.6. The summed E-state index contributed by atoms with van der Waals surface area (Å²) >= 11 is 0. The molecule has 0 aromatic heterocycles. The second kappa shape index (κ2) is 53.9. The molecule has 1 atom stereocenters. The average molecular weight is 881 g/mol. The highest BCUT2D eigenvalue weighted by molar-refractivity contribution is 5.70. The van der Waals surface area contributed by atoms with E-state index in [-0.39, 0.29) is 25.2 Å². The van der Waals surface area contributed by atoms with Crippen molar-refractivity contribution in [1.29, 1.82) is 0 Å². The quantitative estimate of drug-likeness (QED) is 0.0374. The van der Waals surface area contributed by atoms with Crippen LogP contribution in [0.2, 0.25) is 0 Å². The van der Waals surface area contributed by atoms with Gasteiger partial charge in [0.1, 0.15) is 6.61 Å². The van der Waals surface area contributed by atoms with E-state index in [9.17, 15) is 14.7 Å². The molecule has 0 radical (unpaired) electrons. The molecule has 1 N–H and O–H groups in total. The first-order valence-electron chi connectivity index (χ1n) is 27.3. The van der Waals surface area contributed by atoms with Crippen LogP contribution in [0.25, 0.3) is 0 Å². The van der Waals surface area contributed by atoms with Crippen LogP contribution in [0.1, 0.15) is 277 Å². The van der Waals surface area contributed by atoms with E-state index < -0.39 is 6.10 Å². The van der Waals surface area contributed by atoms with E-state index in [0.717, 1.165) is 64.2 Å². The number of aliphatic hydroxyl groups is 1. The Labute approximate surface area is 391 Å². The molecule has 5 nitrogen and oxygen atoms in total. The Morgan fingerprint density at radius 2 is 0.635 bits per heavy atom. The van der Waals surface area contributed by atoms with Crippen LogP contribution in [0, 0.1) is 0 Å². The maximum atomic E-state index is 12.3. The molecule has 0 rings (SSSR count). The summed E-state index contributed by atoms with van der Waals surface area (Å²) in [5.74, 6) is -0.599. The molecule has 1 unspecified atom stereocenters. The molecule has 63 heavy (non-hydrogen) atoms. The summed E-state index contributed by atoms with van der Waals surface area (Å²) < 4.78 is 10.7. The van der Waals surface area contributed by atoms with Crippen LogP contribution in [0.5, 0.6) is 0 Å². The zero-order chi connectivity index (χ0) is 45.6. The first-order chi connectivity index (χ1) is 31.1. The van der Waals surface area contributed by atoms with E-state index in [1.54, 1.807) is 0 Å². The van der Waals surface area contributed by atoms with Gasteiger partial charge >= 0.3 is 11.9 Å². The van der Waals surface area contributed by atoms with Crippen LogP contribution in [0.4, 0.5) is 0 Å². The summed E-state index contributed by atoms with van der Waals surface area (Å²) in [5, 5.41) is 9.63. The fourth-order valence-electron chi connectivity index (χ4n) is 7.89. The monoisotopic (exact) mass is 881 g/mol. The third-order valence-electron chi connectivity index (χ3n) is 12.0. The van der Waals surface area contributed by atoms with Crippen LogP contribution >= 0.6 is 0 Å². The standard InChI is InChI=1S/C58H104O5/c1-3-5-7-9-11-13-15-17-19-21-22-23-24-25-26-27-28-29-30-31-32-33-34-35-36-37-39-41-43-45-47-49-51-53-58(61)63-56(54-59)55-62-57(60)52-50-48-46-44-42-40-38-20-18-16-14-12-10-8-6-4-2/h14-17,20-22,24-25,38,56,59H,3-13,18-19,23,26-37,39-55H2,1-2H3/b16-14-,17-15-,22-21-,25-24-,38-20-. The van der Waals surface area contributed by atoms with E-state index in [0.29, 0.717) is 12.8 Å². The van der Waals surface area contributed by atoms with E-state index in [2.05, 4.69) is 74.6 Å². The van der Waals surface area contributed by atoms with Crippen molar-refractivity contribution in [3.05, 3.63) is 60.8 Å². The Balaban J connectivity index is 3.46. The molecular weight excluding hydrogens is 777 g/mol. The minimum absolute atomic E-state index is 0.0721. The Hall–Kier alpha value is -2.40. The van der Waals surface area contributed by atoms with Crippen molar-refractivity contribution in [3.8, 4) is 0 Å². The molecule has 366 valence electrons. The highest BCUT2D eigenvalue weighted by Crippen LogP contribution is 2.16. The number of hydrogen-bond acceptors (Lipinski definition) is 5. The van der Waals surface area contributed by atoms with Gasteiger partial charge in [-0.1, -0.05) is 242 Å². The molecule has 0 saturated carbocycles. The minimum atomic E-state index is -0.778. The minimum Gasteiger partial charge on any atom is -0.462 e. The molecule has 0 aliphatic rings. The third-order valence-corrected chi connectivity index (χ3v) is 12.0. The van der Waals surface area contributed by atoms with Crippen LogP contribution in [0.15, 0.2) is 60.8 Å². The van der Waals surface area contributed by atoms with Gasteiger partial charge in [0, 0.05) is 12.8 Å². The predicted octanol–water partition coefficient (Wildman–Crippen LogP) is 18.2. The molecule has 0 saturated heterocycles. The molecular formula is C58H104O5. The lowest BCUT2D eigenvalue weighted by atomic mass is 10.0. The fraction of sp³-hybridized carbons (Fsp3) is 0.793. The van der Waals surface area contributed by atoms with E-state index >= 15 is 0 Å². The summed E-state index contributed by atoms with van der Waals surface area (Å²) in [6, 6.07) is 0. The summed E-state index contributed by atoms with van der Waals surface area (Å²) in [4.78, 5) is 24.4. The Bertz CT molecular complexity index is 1090. The molecule has 0 heterocycles. The summed E-state index contributed by atoms with van der Waals surface area (Å²) in [6.07, 6.45) is 71.9. The molecule has 0 spiro atoms. The van der Waals surface area contributed by atoms with Gasteiger partial charge in [-0.05, 0) is 83.5 Å². The molecule has 0 amide bonds.